The fourth-order valence-electron chi connectivity index (χ4n) is 2.41. The van der Waals surface area contributed by atoms with Gasteiger partial charge in [-0.1, -0.05) is 19.3 Å². The number of hydrogen-bond acceptors (Lipinski definition) is 3. The predicted molar refractivity (Wildman–Crippen MR) is 64.4 cm³/mol. The van der Waals surface area contributed by atoms with Gasteiger partial charge >= 0.3 is 0 Å². The van der Waals surface area contributed by atoms with Crippen LogP contribution in [-0.2, 0) is 5.54 Å². The molecule has 1 aliphatic rings. The summed E-state index contributed by atoms with van der Waals surface area (Å²) < 4.78 is 5.46. The second kappa shape index (κ2) is 4.83. The van der Waals surface area contributed by atoms with Gasteiger partial charge in [-0.05, 0) is 31.4 Å². The minimum Gasteiger partial charge on any atom is -0.492 e. The zero-order valence-corrected chi connectivity index (χ0v) is 9.91. The lowest BCUT2D eigenvalue weighted by molar-refractivity contribution is 0.297. The summed E-state index contributed by atoms with van der Waals surface area (Å²) in [6, 6.07) is 2.04. The van der Waals surface area contributed by atoms with E-state index in [-0.39, 0.29) is 5.54 Å². The largest absolute Gasteiger partial charge is 0.492 e. The maximum absolute atomic E-state index is 6.45. The van der Waals surface area contributed by atoms with E-state index >= 15 is 0 Å². The smallest absolute Gasteiger partial charge is 0.137 e. The summed E-state index contributed by atoms with van der Waals surface area (Å²) in [5.41, 5.74) is 7.39. The van der Waals surface area contributed by atoms with Gasteiger partial charge in [-0.2, -0.15) is 0 Å². The second-order valence-corrected chi connectivity index (χ2v) is 4.56. The van der Waals surface area contributed by atoms with Crippen LogP contribution in [0.3, 0.4) is 0 Å². The lowest BCUT2D eigenvalue weighted by Gasteiger charge is -2.33. The lowest BCUT2D eigenvalue weighted by atomic mass is 9.78. The first-order chi connectivity index (χ1) is 7.74. The van der Waals surface area contributed by atoms with Crippen molar-refractivity contribution in [2.75, 3.05) is 6.61 Å². The van der Waals surface area contributed by atoms with Crippen LogP contribution in [0.4, 0.5) is 0 Å². The molecule has 0 spiro atoms. The van der Waals surface area contributed by atoms with E-state index in [4.69, 9.17) is 10.5 Å². The lowest BCUT2D eigenvalue weighted by Crippen LogP contribution is -2.38. The minimum atomic E-state index is -0.182. The van der Waals surface area contributed by atoms with Gasteiger partial charge in [-0.25, -0.2) is 0 Å². The highest BCUT2D eigenvalue weighted by atomic mass is 16.5. The summed E-state index contributed by atoms with van der Waals surface area (Å²) in [5, 5.41) is 0. The normalized spacial score (nSPS) is 19.4. The Kier molecular flexibility index (Phi) is 3.44. The monoisotopic (exact) mass is 220 g/mol. The molecular weight excluding hydrogens is 200 g/mol. The van der Waals surface area contributed by atoms with E-state index in [9.17, 15) is 0 Å². The summed E-state index contributed by atoms with van der Waals surface area (Å²) in [5.74, 6) is 0.829. The average molecular weight is 220 g/mol. The Bertz CT molecular complexity index is 346. The maximum Gasteiger partial charge on any atom is 0.137 e. The van der Waals surface area contributed by atoms with Crippen LogP contribution in [-0.4, -0.2) is 11.6 Å². The summed E-state index contributed by atoms with van der Waals surface area (Å²) in [7, 11) is 0. The van der Waals surface area contributed by atoms with Gasteiger partial charge in [0, 0.05) is 11.7 Å². The van der Waals surface area contributed by atoms with Crippen LogP contribution in [0.1, 0.15) is 44.6 Å². The number of nitrogens with two attached hydrogens (primary N) is 1. The molecule has 1 aromatic heterocycles. The van der Waals surface area contributed by atoms with Gasteiger partial charge in [0.1, 0.15) is 5.75 Å². The fourth-order valence-corrected chi connectivity index (χ4v) is 2.41. The van der Waals surface area contributed by atoms with Gasteiger partial charge in [0.2, 0.25) is 0 Å². The van der Waals surface area contributed by atoms with Crippen LogP contribution in [0.15, 0.2) is 18.5 Å². The zero-order chi connectivity index (χ0) is 11.4. The topological polar surface area (TPSA) is 48.1 Å². The van der Waals surface area contributed by atoms with E-state index in [2.05, 4.69) is 4.98 Å². The van der Waals surface area contributed by atoms with E-state index in [0.717, 1.165) is 24.2 Å². The fraction of sp³-hybridized carbons (Fsp3) is 0.615. The van der Waals surface area contributed by atoms with Crippen molar-refractivity contribution in [3.8, 4) is 5.75 Å². The highest BCUT2D eigenvalue weighted by molar-refractivity contribution is 5.29. The molecule has 0 radical (unpaired) electrons. The number of aromatic nitrogens is 1. The maximum atomic E-state index is 6.45. The third-order valence-electron chi connectivity index (χ3n) is 3.34. The van der Waals surface area contributed by atoms with Gasteiger partial charge in [0.05, 0.1) is 12.8 Å². The zero-order valence-electron chi connectivity index (χ0n) is 9.91. The first-order valence-corrected chi connectivity index (χ1v) is 6.12. The van der Waals surface area contributed by atoms with Gasteiger partial charge in [-0.15, -0.1) is 0 Å². The first-order valence-electron chi connectivity index (χ1n) is 6.12. The molecule has 88 valence electrons. The van der Waals surface area contributed by atoms with Crippen molar-refractivity contribution in [2.24, 2.45) is 5.73 Å². The molecule has 0 atom stereocenters. The molecule has 2 N–H and O–H groups in total. The van der Waals surface area contributed by atoms with Gasteiger partial charge in [-0.3, -0.25) is 4.98 Å². The van der Waals surface area contributed by atoms with Crippen molar-refractivity contribution in [1.82, 2.24) is 4.98 Å². The van der Waals surface area contributed by atoms with Crippen molar-refractivity contribution in [3.05, 3.63) is 24.0 Å². The van der Waals surface area contributed by atoms with Gasteiger partial charge in [0.25, 0.3) is 0 Å². The van der Waals surface area contributed by atoms with Crippen LogP contribution >= 0.6 is 0 Å². The molecule has 0 bridgehead atoms. The van der Waals surface area contributed by atoms with E-state index in [0.29, 0.717) is 6.61 Å². The highest BCUT2D eigenvalue weighted by Gasteiger charge is 2.29. The van der Waals surface area contributed by atoms with Crippen molar-refractivity contribution in [1.29, 1.82) is 0 Å². The summed E-state index contributed by atoms with van der Waals surface area (Å²) in [6.07, 6.45) is 9.49. The van der Waals surface area contributed by atoms with Crippen LogP contribution in [0.5, 0.6) is 5.75 Å². The average Bonchev–Trinajstić information content (AvgIpc) is 2.31. The Morgan fingerprint density at radius 2 is 2.06 bits per heavy atom. The van der Waals surface area contributed by atoms with E-state index in [1.165, 1.54) is 19.3 Å². The molecule has 1 saturated carbocycles. The number of nitrogens with zero attached hydrogens (tertiary/aromatic N) is 1. The number of hydrogen-bond donors (Lipinski definition) is 1. The summed E-state index contributed by atoms with van der Waals surface area (Å²) in [6.45, 7) is 2.65. The summed E-state index contributed by atoms with van der Waals surface area (Å²) >= 11 is 0. The molecule has 0 aliphatic heterocycles. The molecule has 2 rings (SSSR count). The Hall–Kier alpha value is -1.09. The minimum absolute atomic E-state index is 0.182. The van der Waals surface area contributed by atoms with Crippen molar-refractivity contribution in [3.63, 3.8) is 0 Å². The SMILES string of the molecule is CCOc1cncc(C2(N)CCCCC2)c1. The van der Waals surface area contributed by atoms with Crippen molar-refractivity contribution < 1.29 is 4.74 Å². The van der Waals surface area contributed by atoms with Crippen LogP contribution < -0.4 is 10.5 Å². The van der Waals surface area contributed by atoms with E-state index in [1.807, 2.05) is 19.2 Å². The van der Waals surface area contributed by atoms with E-state index < -0.39 is 0 Å². The number of pyridine rings is 1. The highest BCUT2D eigenvalue weighted by Crippen LogP contribution is 2.35. The molecular formula is C13H20N2O. The molecule has 0 aromatic carbocycles. The Labute approximate surface area is 97.0 Å². The standard InChI is InChI=1S/C13H20N2O/c1-2-16-12-8-11(9-15-10-12)13(14)6-4-3-5-7-13/h8-10H,2-7,14H2,1H3. The molecule has 16 heavy (non-hydrogen) atoms. The van der Waals surface area contributed by atoms with Gasteiger partial charge < -0.3 is 10.5 Å². The Balaban J connectivity index is 2.21. The quantitative estimate of drug-likeness (QED) is 0.851. The van der Waals surface area contributed by atoms with Gasteiger partial charge in [0.15, 0.2) is 0 Å². The Morgan fingerprint density at radius 1 is 1.31 bits per heavy atom. The second-order valence-electron chi connectivity index (χ2n) is 4.56. The van der Waals surface area contributed by atoms with Crippen LogP contribution in [0.2, 0.25) is 0 Å². The molecule has 1 aromatic rings. The molecule has 1 aliphatic carbocycles. The van der Waals surface area contributed by atoms with Crippen LogP contribution in [0, 0.1) is 0 Å². The van der Waals surface area contributed by atoms with Crippen LogP contribution in [0.25, 0.3) is 0 Å². The third-order valence-corrected chi connectivity index (χ3v) is 3.34. The molecule has 3 heteroatoms. The molecule has 0 saturated heterocycles. The van der Waals surface area contributed by atoms with Crippen molar-refractivity contribution >= 4 is 0 Å². The van der Waals surface area contributed by atoms with E-state index in [1.54, 1.807) is 6.20 Å². The molecule has 0 unspecified atom stereocenters. The van der Waals surface area contributed by atoms with Crippen molar-refractivity contribution in [2.45, 2.75) is 44.6 Å². The molecule has 3 nitrogen and oxygen atoms in total. The third kappa shape index (κ3) is 2.35. The molecule has 1 fully saturated rings. The first kappa shape index (κ1) is 11.4. The Morgan fingerprint density at radius 3 is 2.75 bits per heavy atom. The predicted octanol–water partition coefficient (Wildman–Crippen LogP) is 2.60. The number of ether oxygens (including phenoxy) is 1. The molecule has 1 heterocycles. The summed E-state index contributed by atoms with van der Waals surface area (Å²) in [4.78, 5) is 4.22. The number of rotatable bonds is 3. The molecule has 0 amide bonds.